The SMILES string of the molecule is CC1=CC(=Nc2c(C)cc(C)cc2C)C=C(C)C1=O. The lowest BCUT2D eigenvalue weighted by Crippen LogP contribution is -2.10. The Bertz CT molecular complexity index is 598. The minimum Gasteiger partial charge on any atom is -0.289 e. The molecule has 0 N–H and O–H groups in total. The van der Waals surface area contributed by atoms with E-state index < -0.39 is 0 Å². The molecule has 0 bridgehead atoms. The Morgan fingerprint density at radius 2 is 1.32 bits per heavy atom. The summed E-state index contributed by atoms with van der Waals surface area (Å²) in [5.74, 6) is 0.108. The zero-order chi connectivity index (χ0) is 14.2. The second kappa shape index (κ2) is 4.96. The van der Waals surface area contributed by atoms with Crippen LogP contribution in [-0.4, -0.2) is 11.5 Å². The maximum Gasteiger partial charge on any atom is 0.184 e. The van der Waals surface area contributed by atoms with Crippen molar-refractivity contribution in [1.82, 2.24) is 0 Å². The lowest BCUT2D eigenvalue weighted by Gasteiger charge is -2.11. The second-order valence-electron chi connectivity index (χ2n) is 5.27. The average molecular weight is 253 g/mol. The highest BCUT2D eigenvalue weighted by atomic mass is 16.1. The van der Waals surface area contributed by atoms with E-state index in [1.807, 2.05) is 26.0 Å². The zero-order valence-corrected chi connectivity index (χ0v) is 12.2. The minimum atomic E-state index is 0.108. The molecular weight excluding hydrogens is 234 g/mol. The van der Waals surface area contributed by atoms with E-state index in [9.17, 15) is 4.79 Å². The molecule has 98 valence electrons. The molecule has 0 radical (unpaired) electrons. The number of hydrogen-bond acceptors (Lipinski definition) is 2. The Hall–Kier alpha value is -1.96. The van der Waals surface area contributed by atoms with Gasteiger partial charge in [-0.2, -0.15) is 0 Å². The molecule has 2 rings (SSSR count). The third kappa shape index (κ3) is 2.73. The number of carbonyl (C=O) groups is 1. The Kier molecular flexibility index (Phi) is 3.52. The highest BCUT2D eigenvalue weighted by Gasteiger charge is 2.14. The number of benzene rings is 1. The van der Waals surface area contributed by atoms with Crippen LogP contribution < -0.4 is 0 Å². The van der Waals surface area contributed by atoms with Gasteiger partial charge in [0.15, 0.2) is 5.78 Å². The van der Waals surface area contributed by atoms with Crippen LogP contribution in [0.2, 0.25) is 0 Å². The van der Waals surface area contributed by atoms with E-state index in [4.69, 9.17) is 4.99 Å². The summed E-state index contributed by atoms with van der Waals surface area (Å²) in [6.07, 6.45) is 3.71. The van der Waals surface area contributed by atoms with E-state index >= 15 is 0 Å². The van der Waals surface area contributed by atoms with E-state index in [0.29, 0.717) is 0 Å². The van der Waals surface area contributed by atoms with E-state index in [2.05, 4.69) is 32.9 Å². The summed E-state index contributed by atoms with van der Waals surface area (Å²) >= 11 is 0. The molecule has 0 fully saturated rings. The third-order valence-corrected chi connectivity index (χ3v) is 3.32. The summed E-state index contributed by atoms with van der Waals surface area (Å²) in [5, 5.41) is 0. The van der Waals surface area contributed by atoms with Crippen LogP contribution in [0.15, 0.2) is 40.4 Å². The first-order chi connectivity index (χ1) is 8.88. The minimum absolute atomic E-state index is 0.108. The summed E-state index contributed by atoms with van der Waals surface area (Å²) in [5.41, 5.74) is 6.93. The number of allylic oxidation sites excluding steroid dienone is 4. The molecule has 2 nitrogen and oxygen atoms in total. The van der Waals surface area contributed by atoms with Gasteiger partial charge in [-0.25, -0.2) is 4.99 Å². The number of Topliss-reactive ketones (excluding diaryl/α,β-unsaturated/α-hetero) is 1. The monoisotopic (exact) mass is 253 g/mol. The molecule has 0 aliphatic heterocycles. The summed E-state index contributed by atoms with van der Waals surface area (Å²) in [6, 6.07) is 4.26. The van der Waals surface area contributed by atoms with Gasteiger partial charge in [0.05, 0.1) is 11.4 Å². The standard InChI is InChI=1S/C17H19NO/c1-10-6-11(2)16(12(3)7-10)18-15-8-13(4)17(19)14(5)9-15/h6-9H,1-5H3. The van der Waals surface area contributed by atoms with Gasteiger partial charge in [0.1, 0.15) is 0 Å². The lowest BCUT2D eigenvalue weighted by atomic mass is 9.97. The van der Waals surface area contributed by atoms with Crippen LogP contribution in [0, 0.1) is 20.8 Å². The first-order valence-corrected chi connectivity index (χ1v) is 6.46. The molecule has 0 heterocycles. The third-order valence-electron chi connectivity index (χ3n) is 3.32. The van der Waals surface area contributed by atoms with E-state index in [-0.39, 0.29) is 5.78 Å². The summed E-state index contributed by atoms with van der Waals surface area (Å²) in [4.78, 5) is 16.4. The van der Waals surface area contributed by atoms with Crippen molar-refractivity contribution in [2.45, 2.75) is 34.6 Å². The van der Waals surface area contributed by atoms with Gasteiger partial charge in [-0.05, 0) is 69.0 Å². The second-order valence-corrected chi connectivity index (χ2v) is 5.27. The van der Waals surface area contributed by atoms with Crippen LogP contribution in [-0.2, 0) is 4.79 Å². The van der Waals surface area contributed by atoms with Crippen LogP contribution >= 0.6 is 0 Å². The van der Waals surface area contributed by atoms with Gasteiger partial charge >= 0.3 is 0 Å². The van der Waals surface area contributed by atoms with Crippen molar-refractivity contribution in [1.29, 1.82) is 0 Å². The number of nitrogens with zero attached hydrogens (tertiary/aromatic N) is 1. The van der Waals surface area contributed by atoms with Crippen LogP contribution in [0.4, 0.5) is 5.69 Å². The van der Waals surface area contributed by atoms with Crippen molar-refractivity contribution < 1.29 is 4.79 Å². The normalized spacial score (nSPS) is 15.2. The topological polar surface area (TPSA) is 29.4 Å². The first-order valence-electron chi connectivity index (χ1n) is 6.46. The number of ketones is 1. The van der Waals surface area contributed by atoms with Gasteiger partial charge in [0.25, 0.3) is 0 Å². The molecule has 0 saturated heterocycles. The smallest absolute Gasteiger partial charge is 0.184 e. The number of rotatable bonds is 1. The molecule has 1 aliphatic rings. The van der Waals surface area contributed by atoms with Crippen molar-refractivity contribution in [3.8, 4) is 0 Å². The Morgan fingerprint density at radius 3 is 1.79 bits per heavy atom. The fourth-order valence-corrected chi connectivity index (χ4v) is 2.47. The van der Waals surface area contributed by atoms with Crippen molar-refractivity contribution in [2.24, 2.45) is 4.99 Å². The molecular formula is C17H19NO. The van der Waals surface area contributed by atoms with Crippen molar-refractivity contribution in [2.75, 3.05) is 0 Å². The molecule has 1 aromatic rings. The Labute approximate surface area is 114 Å². The first kappa shape index (κ1) is 13.5. The van der Waals surface area contributed by atoms with E-state index in [1.54, 1.807) is 0 Å². The molecule has 2 heteroatoms. The fourth-order valence-electron chi connectivity index (χ4n) is 2.47. The number of aliphatic imine (C=N–C) groups is 1. The molecule has 0 atom stereocenters. The van der Waals surface area contributed by atoms with Crippen LogP contribution in [0.25, 0.3) is 0 Å². The van der Waals surface area contributed by atoms with Crippen molar-refractivity contribution in [3.63, 3.8) is 0 Å². The van der Waals surface area contributed by atoms with Crippen LogP contribution in [0.1, 0.15) is 30.5 Å². The Balaban J connectivity index is 2.52. The van der Waals surface area contributed by atoms with Gasteiger partial charge < -0.3 is 0 Å². The lowest BCUT2D eigenvalue weighted by molar-refractivity contribution is -0.112. The van der Waals surface area contributed by atoms with Gasteiger partial charge in [0, 0.05) is 0 Å². The van der Waals surface area contributed by atoms with Crippen molar-refractivity contribution >= 4 is 17.2 Å². The number of aryl methyl sites for hydroxylation is 3. The van der Waals surface area contributed by atoms with Gasteiger partial charge in [-0.15, -0.1) is 0 Å². The Morgan fingerprint density at radius 1 is 0.842 bits per heavy atom. The van der Waals surface area contributed by atoms with Crippen molar-refractivity contribution in [3.05, 3.63) is 52.1 Å². The largest absolute Gasteiger partial charge is 0.289 e. The molecule has 0 spiro atoms. The molecule has 19 heavy (non-hydrogen) atoms. The molecule has 1 aromatic carbocycles. The zero-order valence-electron chi connectivity index (χ0n) is 12.2. The molecule has 1 aliphatic carbocycles. The molecule has 0 unspecified atom stereocenters. The number of carbonyl (C=O) groups excluding carboxylic acids is 1. The maximum atomic E-state index is 11.7. The molecule has 0 amide bonds. The highest BCUT2D eigenvalue weighted by molar-refractivity contribution is 6.21. The number of hydrogen-bond donors (Lipinski definition) is 0. The van der Waals surface area contributed by atoms with E-state index in [0.717, 1.165) is 22.5 Å². The van der Waals surface area contributed by atoms with Gasteiger partial charge in [0.2, 0.25) is 0 Å². The van der Waals surface area contributed by atoms with Gasteiger partial charge in [-0.3, -0.25) is 4.79 Å². The summed E-state index contributed by atoms with van der Waals surface area (Å²) < 4.78 is 0. The predicted molar refractivity (Wildman–Crippen MR) is 80.3 cm³/mol. The van der Waals surface area contributed by atoms with E-state index in [1.165, 1.54) is 16.7 Å². The average Bonchev–Trinajstić information content (AvgIpc) is 2.30. The van der Waals surface area contributed by atoms with Crippen LogP contribution in [0.5, 0.6) is 0 Å². The molecule has 0 aromatic heterocycles. The highest BCUT2D eigenvalue weighted by Crippen LogP contribution is 2.26. The van der Waals surface area contributed by atoms with Crippen LogP contribution in [0.3, 0.4) is 0 Å². The van der Waals surface area contributed by atoms with Gasteiger partial charge in [-0.1, -0.05) is 17.7 Å². The predicted octanol–water partition coefficient (Wildman–Crippen LogP) is 4.16. The fraction of sp³-hybridized carbons (Fsp3) is 0.294. The summed E-state index contributed by atoms with van der Waals surface area (Å²) in [6.45, 7) is 9.90. The quantitative estimate of drug-likeness (QED) is 0.691. The molecule has 0 saturated carbocycles. The maximum absolute atomic E-state index is 11.7. The summed E-state index contributed by atoms with van der Waals surface area (Å²) in [7, 11) is 0.